The molecule has 1 heterocycles. The van der Waals surface area contributed by atoms with Crippen LogP contribution in [0.25, 0.3) is 0 Å². The van der Waals surface area contributed by atoms with Crippen molar-refractivity contribution in [1.29, 1.82) is 0 Å². The first kappa shape index (κ1) is 20.7. The number of carbonyl (C=O) groups excluding carboxylic acids is 1. The SMILES string of the molecule is CCCCCCCCC1CNCCN1C(=O)c1ccccc1C(F)(F)F. The van der Waals surface area contributed by atoms with E-state index in [-0.39, 0.29) is 11.6 Å². The highest BCUT2D eigenvalue weighted by Crippen LogP contribution is 2.33. The van der Waals surface area contributed by atoms with Gasteiger partial charge in [-0.3, -0.25) is 4.79 Å². The van der Waals surface area contributed by atoms with Crippen LogP contribution >= 0.6 is 0 Å². The molecule has 1 aliphatic heterocycles. The average Bonchev–Trinajstić information content (AvgIpc) is 2.63. The lowest BCUT2D eigenvalue weighted by Crippen LogP contribution is -2.53. The van der Waals surface area contributed by atoms with Crippen molar-refractivity contribution >= 4 is 5.91 Å². The summed E-state index contributed by atoms with van der Waals surface area (Å²) in [6.07, 6.45) is 3.27. The smallest absolute Gasteiger partial charge is 0.333 e. The van der Waals surface area contributed by atoms with Crippen molar-refractivity contribution in [3.8, 4) is 0 Å². The van der Waals surface area contributed by atoms with Gasteiger partial charge in [-0.1, -0.05) is 57.6 Å². The molecule has 6 heteroatoms. The van der Waals surface area contributed by atoms with Crippen LogP contribution in [0.5, 0.6) is 0 Å². The summed E-state index contributed by atoms with van der Waals surface area (Å²) >= 11 is 0. The van der Waals surface area contributed by atoms with Crippen molar-refractivity contribution in [3.05, 3.63) is 35.4 Å². The Morgan fingerprint density at radius 2 is 1.85 bits per heavy atom. The second kappa shape index (κ2) is 9.95. The number of amides is 1. The maximum absolute atomic E-state index is 13.2. The molecule has 1 fully saturated rings. The Kier molecular flexibility index (Phi) is 7.94. The third-order valence-electron chi connectivity index (χ3n) is 4.96. The number of piperazine rings is 1. The van der Waals surface area contributed by atoms with Gasteiger partial charge in [-0.05, 0) is 18.6 Å². The van der Waals surface area contributed by atoms with Crippen LogP contribution in [-0.4, -0.2) is 36.5 Å². The van der Waals surface area contributed by atoms with Gasteiger partial charge in [0, 0.05) is 25.7 Å². The van der Waals surface area contributed by atoms with Crippen molar-refractivity contribution in [1.82, 2.24) is 10.2 Å². The van der Waals surface area contributed by atoms with Gasteiger partial charge in [0.25, 0.3) is 5.91 Å². The predicted molar refractivity (Wildman–Crippen MR) is 97.1 cm³/mol. The number of halogens is 3. The lowest BCUT2D eigenvalue weighted by Gasteiger charge is -2.37. The van der Waals surface area contributed by atoms with E-state index in [1.807, 2.05) is 0 Å². The molecule has 1 saturated heterocycles. The zero-order chi connectivity index (χ0) is 19.0. The largest absolute Gasteiger partial charge is 0.417 e. The summed E-state index contributed by atoms with van der Waals surface area (Å²) in [6, 6.07) is 5.05. The highest BCUT2D eigenvalue weighted by atomic mass is 19.4. The first-order valence-corrected chi connectivity index (χ1v) is 9.63. The van der Waals surface area contributed by atoms with Crippen molar-refractivity contribution < 1.29 is 18.0 Å². The maximum Gasteiger partial charge on any atom is 0.417 e. The zero-order valence-corrected chi connectivity index (χ0v) is 15.4. The molecule has 1 amide bonds. The number of carbonyl (C=O) groups is 1. The molecule has 1 unspecified atom stereocenters. The number of benzene rings is 1. The molecule has 1 aliphatic rings. The molecular formula is C20H29F3N2O. The number of nitrogens with zero attached hydrogens (tertiary/aromatic N) is 1. The number of hydrogen-bond acceptors (Lipinski definition) is 2. The van der Waals surface area contributed by atoms with E-state index in [9.17, 15) is 18.0 Å². The summed E-state index contributed by atoms with van der Waals surface area (Å²) < 4.78 is 39.7. The minimum atomic E-state index is -4.52. The summed E-state index contributed by atoms with van der Waals surface area (Å²) in [7, 11) is 0. The second-order valence-corrected chi connectivity index (χ2v) is 6.96. The Bertz CT molecular complexity index is 574. The molecule has 0 radical (unpaired) electrons. The van der Waals surface area contributed by atoms with Crippen molar-refractivity contribution in [3.63, 3.8) is 0 Å². The summed E-state index contributed by atoms with van der Waals surface area (Å²) in [4.78, 5) is 14.5. The van der Waals surface area contributed by atoms with Crippen LogP contribution in [0.2, 0.25) is 0 Å². The predicted octanol–water partition coefficient (Wildman–Crippen LogP) is 4.87. The van der Waals surface area contributed by atoms with Crippen molar-refractivity contribution in [2.45, 2.75) is 64.1 Å². The molecular weight excluding hydrogens is 341 g/mol. The normalized spacial score (nSPS) is 18.2. The molecule has 1 atom stereocenters. The van der Waals surface area contributed by atoms with E-state index in [2.05, 4.69) is 12.2 Å². The fraction of sp³-hybridized carbons (Fsp3) is 0.650. The topological polar surface area (TPSA) is 32.3 Å². The van der Waals surface area contributed by atoms with Crippen LogP contribution < -0.4 is 5.32 Å². The van der Waals surface area contributed by atoms with Gasteiger partial charge in [-0.15, -0.1) is 0 Å². The Morgan fingerprint density at radius 3 is 2.58 bits per heavy atom. The third-order valence-corrected chi connectivity index (χ3v) is 4.96. The van der Waals surface area contributed by atoms with E-state index in [1.165, 1.54) is 43.9 Å². The van der Waals surface area contributed by atoms with Gasteiger partial charge in [-0.2, -0.15) is 13.2 Å². The molecule has 2 rings (SSSR count). The van der Waals surface area contributed by atoms with Gasteiger partial charge in [0.15, 0.2) is 0 Å². The molecule has 1 N–H and O–H groups in total. The van der Waals surface area contributed by atoms with E-state index in [0.717, 1.165) is 25.3 Å². The maximum atomic E-state index is 13.2. The van der Waals surface area contributed by atoms with Gasteiger partial charge in [0.2, 0.25) is 0 Å². The van der Waals surface area contributed by atoms with Gasteiger partial charge < -0.3 is 10.2 Å². The van der Waals surface area contributed by atoms with Crippen molar-refractivity contribution in [2.75, 3.05) is 19.6 Å². The average molecular weight is 370 g/mol. The highest BCUT2D eigenvalue weighted by Gasteiger charge is 2.37. The van der Waals surface area contributed by atoms with E-state index in [4.69, 9.17) is 0 Å². The van der Waals surface area contributed by atoms with Crippen LogP contribution in [0.4, 0.5) is 13.2 Å². The molecule has 1 aromatic carbocycles. The van der Waals surface area contributed by atoms with Crippen LogP contribution in [0, 0.1) is 0 Å². The molecule has 146 valence electrons. The van der Waals surface area contributed by atoms with Crippen LogP contribution in [0.3, 0.4) is 0 Å². The first-order valence-electron chi connectivity index (χ1n) is 9.63. The molecule has 0 aliphatic carbocycles. The number of rotatable bonds is 8. The van der Waals surface area contributed by atoms with Gasteiger partial charge in [-0.25, -0.2) is 0 Å². The molecule has 1 aromatic rings. The Labute approximate surface area is 154 Å². The second-order valence-electron chi connectivity index (χ2n) is 6.96. The molecule has 0 aromatic heterocycles. The number of unbranched alkanes of at least 4 members (excludes halogenated alkanes) is 5. The minimum absolute atomic E-state index is 0.0382. The molecule has 3 nitrogen and oxygen atoms in total. The summed E-state index contributed by atoms with van der Waals surface area (Å²) in [5, 5.41) is 3.26. The zero-order valence-electron chi connectivity index (χ0n) is 15.4. The Hall–Kier alpha value is -1.56. The molecule has 0 spiro atoms. The van der Waals surface area contributed by atoms with Crippen molar-refractivity contribution in [2.24, 2.45) is 0 Å². The summed E-state index contributed by atoms with van der Waals surface area (Å²) in [5.41, 5.74) is -1.09. The first-order chi connectivity index (χ1) is 12.4. The van der Waals surface area contributed by atoms with Gasteiger partial charge in [0.1, 0.15) is 0 Å². The lowest BCUT2D eigenvalue weighted by molar-refractivity contribution is -0.138. The Balaban J connectivity index is 2.02. The molecule has 0 bridgehead atoms. The van der Waals surface area contributed by atoms with Crippen LogP contribution in [0.15, 0.2) is 24.3 Å². The van der Waals surface area contributed by atoms with E-state index >= 15 is 0 Å². The summed E-state index contributed by atoms with van der Waals surface area (Å²) in [5.74, 6) is -0.504. The van der Waals surface area contributed by atoms with Gasteiger partial charge >= 0.3 is 6.18 Å². The number of alkyl halides is 3. The standard InChI is InChI=1S/C20H29F3N2O/c1-2-3-4-5-6-7-10-16-15-24-13-14-25(16)19(26)17-11-8-9-12-18(17)20(21,22)23/h8-9,11-12,16,24H,2-7,10,13-15H2,1H3. The van der Waals surface area contributed by atoms with Crippen LogP contribution in [0.1, 0.15) is 67.8 Å². The molecule has 26 heavy (non-hydrogen) atoms. The van der Waals surface area contributed by atoms with Gasteiger partial charge in [0.05, 0.1) is 11.1 Å². The fourth-order valence-corrected chi connectivity index (χ4v) is 3.52. The Morgan fingerprint density at radius 1 is 1.15 bits per heavy atom. The lowest BCUT2D eigenvalue weighted by atomic mass is 10.0. The number of hydrogen-bond donors (Lipinski definition) is 1. The van der Waals surface area contributed by atoms with Crippen LogP contribution in [-0.2, 0) is 6.18 Å². The quantitative estimate of drug-likeness (QED) is 0.662. The van der Waals surface area contributed by atoms with E-state index < -0.39 is 17.6 Å². The summed E-state index contributed by atoms with van der Waals surface area (Å²) in [6.45, 7) is 3.89. The minimum Gasteiger partial charge on any atom is -0.333 e. The molecule has 0 saturated carbocycles. The number of nitrogens with one attached hydrogen (secondary N) is 1. The monoisotopic (exact) mass is 370 g/mol. The van der Waals surface area contributed by atoms with E-state index in [0.29, 0.717) is 19.6 Å². The highest BCUT2D eigenvalue weighted by molar-refractivity contribution is 5.96. The fourth-order valence-electron chi connectivity index (χ4n) is 3.52. The third kappa shape index (κ3) is 5.73. The van der Waals surface area contributed by atoms with E-state index in [1.54, 1.807) is 4.90 Å².